The third-order valence-corrected chi connectivity index (χ3v) is 4.74. The Balaban J connectivity index is 2.35. The van der Waals surface area contributed by atoms with E-state index < -0.39 is 0 Å². The molecule has 0 saturated heterocycles. The van der Waals surface area contributed by atoms with E-state index in [9.17, 15) is 0 Å². The summed E-state index contributed by atoms with van der Waals surface area (Å²) in [6.07, 6.45) is 3.66. The SMILES string of the molecule is CC1CCC(c2nc(Cl)c(Br)c(C(C)C)n2)C1. The second-order valence-electron chi connectivity index (χ2n) is 5.34. The first kappa shape index (κ1) is 13.3. The van der Waals surface area contributed by atoms with Gasteiger partial charge in [0.1, 0.15) is 11.0 Å². The van der Waals surface area contributed by atoms with Crippen molar-refractivity contribution in [2.24, 2.45) is 5.92 Å². The normalized spacial score (nSPS) is 24.6. The fraction of sp³-hybridized carbons (Fsp3) is 0.692. The molecule has 0 radical (unpaired) electrons. The van der Waals surface area contributed by atoms with Crippen molar-refractivity contribution < 1.29 is 0 Å². The van der Waals surface area contributed by atoms with Crippen LogP contribution in [-0.2, 0) is 0 Å². The molecule has 1 aromatic rings. The van der Waals surface area contributed by atoms with Gasteiger partial charge in [-0.05, 0) is 47.0 Å². The van der Waals surface area contributed by atoms with Gasteiger partial charge in [-0.3, -0.25) is 0 Å². The van der Waals surface area contributed by atoms with Crippen LogP contribution in [0.2, 0.25) is 5.15 Å². The monoisotopic (exact) mass is 316 g/mol. The highest BCUT2D eigenvalue weighted by atomic mass is 79.9. The fourth-order valence-corrected chi connectivity index (χ4v) is 3.28. The van der Waals surface area contributed by atoms with Crippen molar-refractivity contribution in [3.8, 4) is 0 Å². The van der Waals surface area contributed by atoms with Gasteiger partial charge in [-0.15, -0.1) is 0 Å². The number of aromatic nitrogens is 2. The fourth-order valence-electron chi connectivity index (χ4n) is 2.46. The van der Waals surface area contributed by atoms with E-state index in [1.807, 2.05) is 0 Å². The van der Waals surface area contributed by atoms with Crippen LogP contribution in [-0.4, -0.2) is 9.97 Å². The quantitative estimate of drug-likeness (QED) is 0.724. The highest BCUT2D eigenvalue weighted by Gasteiger charge is 2.26. The summed E-state index contributed by atoms with van der Waals surface area (Å²) in [5.74, 6) is 2.58. The Kier molecular flexibility index (Phi) is 4.09. The molecule has 1 aromatic heterocycles. The lowest BCUT2D eigenvalue weighted by molar-refractivity contribution is 0.582. The lowest BCUT2D eigenvalue weighted by atomic mass is 10.0. The number of nitrogens with zero attached hydrogens (tertiary/aromatic N) is 2. The molecule has 0 aliphatic heterocycles. The number of rotatable bonds is 2. The lowest BCUT2D eigenvalue weighted by Crippen LogP contribution is -2.06. The molecule has 0 amide bonds. The van der Waals surface area contributed by atoms with Crippen LogP contribution >= 0.6 is 27.5 Å². The van der Waals surface area contributed by atoms with E-state index in [1.54, 1.807) is 0 Å². The Morgan fingerprint density at radius 2 is 2.00 bits per heavy atom. The summed E-state index contributed by atoms with van der Waals surface area (Å²) >= 11 is 9.66. The van der Waals surface area contributed by atoms with Gasteiger partial charge in [-0.1, -0.05) is 32.4 Å². The molecule has 0 bridgehead atoms. The average molecular weight is 318 g/mol. The number of hydrogen-bond acceptors (Lipinski definition) is 2. The van der Waals surface area contributed by atoms with Crippen molar-refractivity contribution in [1.29, 1.82) is 0 Å². The first-order chi connectivity index (χ1) is 7.99. The third kappa shape index (κ3) is 2.82. The minimum Gasteiger partial charge on any atom is -0.236 e. The van der Waals surface area contributed by atoms with Crippen molar-refractivity contribution in [2.45, 2.75) is 51.9 Å². The van der Waals surface area contributed by atoms with E-state index in [-0.39, 0.29) is 0 Å². The molecule has 1 aliphatic carbocycles. The predicted octanol–water partition coefficient (Wildman–Crippen LogP) is 4.92. The van der Waals surface area contributed by atoms with Crippen molar-refractivity contribution in [2.75, 3.05) is 0 Å². The Hall–Kier alpha value is -0.150. The van der Waals surface area contributed by atoms with E-state index >= 15 is 0 Å². The molecule has 94 valence electrons. The van der Waals surface area contributed by atoms with Crippen LogP contribution in [0.1, 0.15) is 63.4 Å². The average Bonchev–Trinajstić information content (AvgIpc) is 2.68. The highest BCUT2D eigenvalue weighted by Crippen LogP contribution is 2.38. The summed E-state index contributed by atoms with van der Waals surface area (Å²) < 4.78 is 0.851. The van der Waals surface area contributed by atoms with Crippen molar-refractivity contribution in [3.63, 3.8) is 0 Å². The van der Waals surface area contributed by atoms with Crippen LogP contribution in [0.4, 0.5) is 0 Å². The Bertz CT molecular complexity index is 420. The van der Waals surface area contributed by atoms with Gasteiger partial charge in [0.25, 0.3) is 0 Å². The van der Waals surface area contributed by atoms with Crippen LogP contribution in [0, 0.1) is 5.92 Å². The number of halogens is 2. The maximum Gasteiger partial charge on any atom is 0.147 e. The molecule has 1 aliphatic rings. The van der Waals surface area contributed by atoms with E-state index in [4.69, 9.17) is 16.6 Å². The van der Waals surface area contributed by atoms with Gasteiger partial charge in [0.05, 0.1) is 10.2 Å². The van der Waals surface area contributed by atoms with E-state index in [0.29, 0.717) is 17.0 Å². The molecule has 0 aromatic carbocycles. The molecule has 4 heteroatoms. The summed E-state index contributed by atoms with van der Waals surface area (Å²) in [7, 11) is 0. The zero-order valence-corrected chi connectivity index (χ0v) is 12.8. The minimum atomic E-state index is 0.363. The van der Waals surface area contributed by atoms with Gasteiger partial charge in [-0.25, -0.2) is 9.97 Å². The molecule has 1 fully saturated rings. The minimum absolute atomic E-state index is 0.363. The second kappa shape index (κ2) is 5.23. The molecule has 0 N–H and O–H groups in total. The maximum atomic E-state index is 6.18. The highest BCUT2D eigenvalue weighted by molar-refractivity contribution is 9.10. The van der Waals surface area contributed by atoms with Gasteiger partial charge < -0.3 is 0 Å². The summed E-state index contributed by atoms with van der Waals surface area (Å²) in [6, 6.07) is 0. The summed E-state index contributed by atoms with van der Waals surface area (Å²) in [4.78, 5) is 9.15. The molecular weight excluding hydrogens is 300 g/mol. The molecular formula is C13H18BrClN2. The molecule has 1 heterocycles. The summed E-state index contributed by atoms with van der Waals surface area (Å²) in [6.45, 7) is 6.55. The van der Waals surface area contributed by atoms with Gasteiger partial charge in [0.15, 0.2) is 0 Å². The van der Waals surface area contributed by atoms with E-state index in [1.165, 1.54) is 19.3 Å². The van der Waals surface area contributed by atoms with E-state index in [0.717, 1.165) is 21.9 Å². The Labute approximate surface area is 116 Å². The zero-order valence-electron chi connectivity index (χ0n) is 10.5. The Morgan fingerprint density at radius 3 is 2.53 bits per heavy atom. The van der Waals surface area contributed by atoms with Crippen LogP contribution in [0.3, 0.4) is 0 Å². The lowest BCUT2D eigenvalue weighted by Gasteiger charge is -2.14. The van der Waals surface area contributed by atoms with Crippen LogP contribution in [0.5, 0.6) is 0 Å². The number of hydrogen-bond donors (Lipinski definition) is 0. The van der Waals surface area contributed by atoms with Crippen LogP contribution in [0.15, 0.2) is 4.47 Å². The first-order valence-corrected chi connectivity index (χ1v) is 7.39. The molecule has 2 nitrogen and oxygen atoms in total. The van der Waals surface area contributed by atoms with Gasteiger partial charge in [-0.2, -0.15) is 0 Å². The smallest absolute Gasteiger partial charge is 0.147 e. The standard InChI is InChI=1S/C13H18BrClN2/c1-7(2)11-10(14)12(15)17-13(16-11)9-5-4-8(3)6-9/h7-9H,4-6H2,1-3H3. The van der Waals surface area contributed by atoms with Crippen molar-refractivity contribution in [1.82, 2.24) is 9.97 Å². The predicted molar refractivity (Wildman–Crippen MR) is 74.6 cm³/mol. The van der Waals surface area contributed by atoms with Crippen molar-refractivity contribution >= 4 is 27.5 Å². The summed E-state index contributed by atoms with van der Waals surface area (Å²) in [5, 5.41) is 0.554. The van der Waals surface area contributed by atoms with Gasteiger partial charge in [0, 0.05) is 5.92 Å². The maximum absolute atomic E-state index is 6.18. The zero-order chi connectivity index (χ0) is 12.6. The van der Waals surface area contributed by atoms with Crippen LogP contribution in [0.25, 0.3) is 0 Å². The molecule has 0 spiro atoms. The summed E-state index contributed by atoms with van der Waals surface area (Å²) in [5.41, 5.74) is 1.03. The van der Waals surface area contributed by atoms with Gasteiger partial charge in [0.2, 0.25) is 0 Å². The van der Waals surface area contributed by atoms with Crippen molar-refractivity contribution in [3.05, 3.63) is 21.1 Å². The van der Waals surface area contributed by atoms with Crippen LogP contribution < -0.4 is 0 Å². The second-order valence-corrected chi connectivity index (χ2v) is 6.49. The third-order valence-electron chi connectivity index (χ3n) is 3.46. The topological polar surface area (TPSA) is 25.8 Å². The molecule has 2 unspecified atom stereocenters. The largest absolute Gasteiger partial charge is 0.236 e. The Morgan fingerprint density at radius 1 is 1.29 bits per heavy atom. The van der Waals surface area contributed by atoms with Gasteiger partial charge >= 0.3 is 0 Å². The molecule has 17 heavy (non-hydrogen) atoms. The molecule has 2 atom stereocenters. The van der Waals surface area contributed by atoms with E-state index in [2.05, 4.69) is 41.7 Å². The molecule has 1 saturated carbocycles. The molecule has 2 rings (SSSR count). The first-order valence-electron chi connectivity index (χ1n) is 6.21.